The van der Waals surface area contributed by atoms with Gasteiger partial charge in [-0.15, -0.1) is 0 Å². The minimum absolute atomic E-state index is 0.00376. The molecular weight excluding hydrogens is 349 g/mol. The van der Waals surface area contributed by atoms with Crippen molar-refractivity contribution in [3.8, 4) is 0 Å². The van der Waals surface area contributed by atoms with Gasteiger partial charge in [-0.2, -0.15) is 0 Å². The van der Waals surface area contributed by atoms with Crippen molar-refractivity contribution in [2.45, 2.75) is 11.4 Å². The van der Waals surface area contributed by atoms with Crippen LogP contribution in [0.1, 0.15) is 15.9 Å². The Labute approximate surface area is 137 Å². The normalized spacial score (nSPS) is 11.4. The van der Waals surface area contributed by atoms with E-state index in [-0.39, 0.29) is 27.0 Å². The number of carbonyl (C=O) groups is 1. The molecule has 2 N–H and O–H groups in total. The van der Waals surface area contributed by atoms with Crippen LogP contribution in [0.5, 0.6) is 0 Å². The molecule has 5 nitrogen and oxygen atoms in total. The summed E-state index contributed by atoms with van der Waals surface area (Å²) in [6.07, 6.45) is 0. The standard InChI is InChI=1S/C14H11Cl2NO4S/c15-12-6-5-11(7-13(12)16)22(20,21)17-8-9-1-3-10(4-2-9)14(18)19/h1-7,17H,8H2,(H,18,19). The number of benzene rings is 2. The molecule has 0 fully saturated rings. The van der Waals surface area contributed by atoms with E-state index in [2.05, 4.69) is 4.72 Å². The summed E-state index contributed by atoms with van der Waals surface area (Å²) in [6, 6.07) is 9.92. The molecule has 0 amide bonds. The van der Waals surface area contributed by atoms with E-state index in [9.17, 15) is 13.2 Å². The Morgan fingerprint density at radius 1 is 1.05 bits per heavy atom. The minimum atomic E-state index is -3.73. The molecule has 2 rings (SSSR count). The molecule has 0 aliphatic carbocycles. The van der Waals surface area contributed by atoms with Crippen molar-refractivity contribution < 1.29 is 18.3 Å². The highest BCUT2D eigenvalue weighted by Gasteiger charge is 2.15. The summed E-state index contributed by atoms with van der Waals surface area (Å²) in [7, 11) is -3.73. The van der Waals surface area contributed by atoms with E-state index in [1.54, 1.807) is 12.1 Å². The summed E-state index contributed by atoms with van der Waals surface area (Å²) >= 11 is 11.6. The number of rotatable bonds is 5. The molecule has 0 heterocycles. The molecule has 0 unspecified atom stereocenters. The maximum absolute atomic E-state index is 12.1. The summed E-state index contributed by atoms with van der Waals surface area (Å²) in [5, 5.41) is 9.21. The lowest BCUT2D eigenvalue weighted by atomic mass is 10.1. The average molecular weight is 360 g/mol. The van der Waals surface area contributed by atoms with Crippen LogP contribution in [0.15, 0.2) is 47.4 Å². The van der Waals surface area contributed by atoms with Crippen molar-refractivity contribution in [2.75, 3.05) is 0 Å². The second-order valence-corrected chi connectivity index (χ2v) is 6.98. The minimum Gasteiger partial charge on any atom is -0.478 e. The first kappa shape index (κ1) is 16.8. The molecule has 0 saturated heterocycles. The van der Waals surface area contributed by atoms with E-state index in [4.69, 9.17) is 28.3 Å². The van der Waals surface area contributed by atoms with Crippen LogP contribution in [0.25, 0.3) is 0 Å². The predicted molar refractivity (Wildman–Crippen MR) is 83.9 cm³/mol. The molecule has 0 bridgehead atoms. The maximum Gasteiger partial charge on any atom is 0.335 e. The van der Waals surface area contributed by atoms with E-state index in [1.165, 1.54) is 30.3 Å². The lowest BCUT2D eigenvalue weighted by Gasteiger charge is -2.08. The topological polar surface area (TPSA) is 83.5 Å². The van der Waals surface area contributed by atoms with Crippen molar-refractivity contribution in [1.82, 2.24) is 4.72 Å². The summed E-state index contributed by atoms with van der Waals surface area (Å²) in [6.45, 7) is 0.0302. The zero-order valence-corrected chi connectivity index (χ0v) is 13.4. The number of hydrogen-bond acceptors (Lipinski definition) is 3. The Morgan fingerprint density at radius 2 is 1.68 bits per heavy atom. The molecule has 0 radical (unpaired) electrons. The molecule has 0 aliphatic rings. The average Bonchev–Trinajstić information content (AvgIpc) is 2.48. The molecule has 2 aromatic carbocycles. The van der Waals surface area contributed by atoms with Gasteiger partial charge in [0.1, 0.15) is 0 Å². The van der Waals surface area contributed by atoms with Gasteiger partial charge in [-0.05, 0) is 35.9 Å². The van der Waals surface area contributed by atoms with Crippen molar-refractivity contribution in [3.63, 3.8) is 0 Å². The molecule has 116 valence electrons. The van der Waals surface area contributed by atoms with E-state index in [0.717, 1.165) is 0 Å². The highest BCUT2D eigenvalue weighted by Crippen LogP contribution is 2.24. The van der Waals surface area contributed by atoms with Gasteiger partial charge in [0.25, 0.3) is 0 Å². The number of nitrogens with one attached hydrogen (secondary N) is 1. The Hall–Kier alpha value is -1.60. The molecule has 0 aliphatic heterocycles. The number of halogens is 2. The summed E-state index contributed by atoms with van der Waals surface area (Å²) < 4.78 is 26.7. The fourth-order valence-corrected chi connectivity index (χ4v) is 3.08. The maximum atomic E-state index is 12.1. The number of carboxylic acid groups (broad SMARTS) is 1. The second-order valence-electron chi connectivity index (χ2n) is 4.40. The fourth-order valence-electron chi connectivity index (χ4n) is 1.67. The van der Waals surface area contributed by atoms with Crippen LogP contribution in [0.4, 0.5) is 0 Å². The van der Waals surface area contributed by atoms with Crippen LogP contribution >= 0.6 is 23.2 Å². The summed E-state index contributed by atoms with van der Waals surface area (Å²) in [5.41, 5.74) is 0.768. The first-order valence-electron chi connectivity index (χ1n) is 6.06. The van der Waals surface area contributed by atoms with Crippen LogP contribution in [0, 0.1) is 0 Å². The Balaban J connectivity index is 2.12. The zero-order chi connectivity index (χ0) is 16.3. The first-order chi connectivity index (χ1) is 10.3. The first-order valence-corrected chi connectivity index (χ1v) is 8.30. The molecule has 0 atom stereocenters. The van der Waals surface area contributed by atoms with Gasteiger partial charge in [0.2, 0.25) is 10.0 Å². The van der Waals surface area contributed by atoms with Gasteiger partial charge in [-0.3, -0.25) is 0 Å². The highest BCUT2D eigenvalue weighted by atomic mass is 35.5. The quantitative estimate of drug-likeness (QED) is 0.858. The monoisotopic (exact) mass is 359 g/mol. The lowest BCUT2D eigenvalue weighted by molar-refractivity contribution is 0.0697. The highest BCUT2D eigenvalue weighted by molar-refractivity contribution is 7.89. The fraction of sp³-hybridized carbons (Fsp3) is 0.0714. The summed E-state index contributed by atoms with van der Waals surface area (Å²) in [5.74, 6) is -1.04. The zero-order valence-electron chi connectivity index (χ0n) is 11.1. The van der Waals surface area contributed by atoms with Gasteiger partial charge < -0.3 is 5.11 Å². The Kier molecular flexibility index (Phi) is 5.08. The largest absolute Gasteiger partial charge is 0.478 e. The molecule has 22 heavy (non-hydrogen) atoms. The van der Waals surface area contributed by atoms with E-state index in [0.29, 0.717) is 5.56 Å². The third-order valence-electron chi connectivity index (χ3n) is 2.87. The Morgan fingerprint density at radius 3 is 2.23 bits per heavy atom. The molecular formula is C14H11Cl2NO4S. The molecule has 2 aromatic rings. The van der Waals surface area contributed by atoms with Crippen molar-refractivity contribution in [2.24, 2.45) is 0 Å². The van der Waals surface area contributed by atoms with Gasteiger partial charge in [-0.1, -0.05) is 35.3 Å². The van der Waals surface area contributed by atoms with Crippen LogP contribution in [0.2, 0.25) is 10.0 Å². The van der Waals surface area contributed by atoms with Crippen LogP contribution in [-0.4, -0.2) is 19.5 Å². The third-order valence-corrected chi connectivity index (χ3v) is 5.01. The van der Waals surface area contributed by atoms with Gasteiger partial charge >= 0.3 is 5.97 Å². The van der Waals surface area contributed by atoms with Crippen molar-refractivity contribution in [3.05, 3.63) is 63.6 Å². The van der Waals surface area contributed by atoms with E-state index in [1.807, 2.05) is 0 Å². The number of sulfonamides is 1. The lowest BCUT2D eigenvalue weighted by Crippen LogP contribution is -2.23. The van der Waals surface area contributed by atoms with Crippen molar-refractivity contribution in [1.29, 1.82) is 0 Å². The third kappa shape index (κ3) is 3.98. The van der Waals surface area contributed by atoms with Crippen LogP contribution < -0.4 is 4.72 Å². The van der Waals surface area contributed by atoms with Gasteiger partial charge in [0.15, 0.2) is 0 Å². The Bertz CT molecular complexity index is 804. The molecule has 0 aromatic heterocycles. The van der Waals surface area contributed by atoms with Crippen molar-refractivity contribution >= 4 is 39.2 Å². The second kappa shape index (κ2) is 6.66. The number of hydrogen-bond donors (Lipinski definition) is 2. The van der Waals surface area contributed by atoms with Crippen LogP contribution in [0.3, 0.4) is 0 Å². The van der Waals surface area contributed by atoms with Gasteiger partial charge in [-0.25, -0.2) is 17.9 Å². The van der Waals surface area contributed by atoms with E-state index >= 15 is 0 Å². The van der Waals surface area contributed by atoms with Gasteiger partial charge in [0, 0.05) is 6.54 Å². The molecule has 8 heteroatoms. The SMILES string of the molecule is O=C(O)c1ccc(CNS(=O)(=O)c2ccc(Cl)c(Cl)c2)cc1. The molecule has 0 spiro atoms. The number of aromatic carboxylic acids is 1. The van der Waals surface area contributed by atoms with Gasteiger partial charge in [0.05, 0.1) is 20.5 Å². The predicted octanol–water partition coefficient (Wildman–Crippen LogP) is 3.17. The van der Waals surface area contributed by atoms with E-state index < -0.39 is 16.0 Å². The number of carboxylic acids is 1. The summed E-state index contributed by atoms with van der Waals surface area (Å²) in [4.78, 5) is 10.7. The van der Waals surface area contributed by atoms with Crippen LogP contribution in [-0.2, 0) is 16.6 Å². The smallest absolute Gasteiger partial charge is 0.335 e. The molecule has 0 saturated carbocycles.